The first kappa shape index (κ1) is 14.7. The van der Waals surface area contributed by atoms with E-state index in [0.717, 1.165) is 29.3 Å². The number of carbonyl (C=O) groups excluding carboxylic acids is 1. The summed E-state index contributed by atoms with van der Waals surface area (Å²) < 4.78 is 0. The number of carbonyl (C=O) groups is 1. The van der Waals surface area contributed by atoms with Crippen LogP contribution in [0.1, 0.15) is 5.56 Å². The largest absolute Gasteiger partial charge is 0.356 e. The Morgan fingerprint density at radius 1 is 1.27 bits per heavy atom. The van der Waals surface area contributed by atoms with Crippen molar-refractivity contribution in [3.8, 4) is 0 Å². The smallest absolute Gasteiger partial charge is 0.326 e. The van der Waals surface area contributed by atoms with Gasteiger partial charge in [0.25, 0.3) is 0 Å². The molecule has 2 amide bonds. The lowest BCUT2D eigenvalue weighted by molar-refractivity contribution is 0.257. The van der Waals surface area contributed by atoms with E-state index in [1.165, 1.54) is 0 Å². The van der Waals surface area contributed by atoms with Crippen LogP contribution in [0.25, 0.3) is 0 Å². The standard InChI is InChI=1S/C16H17ClN4O/c1-11-12(17)5-3-6-13(11)19-16(22)21-10-9-20(2)15-14(21)7-4-8-18-15/h3-8H,9-10H2,1-2H3,(H,19,22). The van der Waals surface area contributed by atoms with Crippen LogP contribution in [0, 0.1) is 6.92 Å². The second-order valence-electron chi connectivity index (χ2n) is 5.26. The van der Waals surface area contributed by atoms with E-state index in [2.05, 4.69) is 10.3 Å². The topological polar surface area (TPSA) is 48.5 Å². The zero-order valence-electron chi connectivity index (χ0n) is 12.5. The minimum absolute atomic E-state index is 0.173. The number of fused-ring (bicyclic) bond motifs is 1. The molecule has 0 spiro atoms. The Bertz CT molecular complexity index is 719. The summed E-state index contributed by atoms with van der Waals surface area (Å²) in [6.45, 7) is 3.24. The van der Waals surface area contributed by atoms with Crippen LogP contribution in [0.5, 0.6) is 0 Å². The molecule has 1 aromatic heterocycles. The summed E-state index contributed by atoms with van der Waals surface area (Å²) in [5, 5.41) is 3.57. The van der Waals surface area contributed by atoms with Crippen molar-refractivity contribution in [1.82, 2.24) is 4.98 Å². The van der Waals surface area contributed by atoms with Gasteiger partial charge in [0.2, 0.25) is 0 Å². The maximum Gasteiger partial charge on any atom is 0.326 e. The molecule has 2 aromatic rings. The maximum atomic E-state index is 12.6. The first-order valence-electron chi connectivity index (χ1n) is 7.07. The molecule has 0 aliphatic carbocycles. The van der Waals surface area contributed by atoms with Crippen molar-refractivity contribution in [1.29, 1.82) is 0 Å². The SMILES string of the molecule is Cc1c(Cl)cccc1NC(=O)N1CCN(C)c2ncccc21. The lowest BCUT2D eigenvalue weighted by atomic mass is 10.2. The Kier molecular flexibility index (Phi) is 3.90. The fourth-order valence-corrected chi connectivity index (χ4v) is 2.68. The van der Waals surface area contributed by atoms with E-state index in [9.17, 15) is 4.79 Å². The van der Waals surface area contributed by atoms with E-state index in [1.807, 2.05) is 49.2 Å². The van der Waals surface area contributed by atoms with Crippen molar-refractivity contribution in [2.75, 3.05) is 35.3 Å². The van der Waals surface area contributed by atoms with Gasteiger partial charge in [-0.1, -0.05) is 17.7 Å². The Morgan fingerprint density at radius 3 is 2.91 bits per heavy atom. The van der Waals surface area contributed by atoms with Gasteiger partial charge in [0.15, 0.2) is 5.82 Å². The summed E-state index contributed by atoms with van der Waals surface area (Å²) in [7, 11) is 1.97. The molecule has 1 aliphatic rings. The fourth-order valence-electron chi connectivity index (χ4n) is 2.51. The number of nitrogens with zero attached hydrogens (tertiary/aromatic N) is 3. The minimum Gasteiger partial charge on any atom is -0.356 e. The van der Waals surface area contributed by atoms with Gasteiger partial charge in [-0.3, -0.25) is 4.90 Å². The molecule has 0 saturated carbocycles. The number of hydrogen-bond acceptors (Lipinski definition) is 3. The van der Waals surface area contributed by atoms with Crippen molar-refractivity contribution in [2.45, 2.75) is 6.92 Å². The lowest BCUT2D eigenvalue weighted by Gasteiger charge is -2.34. The predicted molar refractivity (Wildman–Crippen MR) is 90.1 cm³/mol. The molecule has 0 fully saturated rings. The highest BCUT2D eigenvalue weighted by molar-refractivity contribution is 6.31. The van der Waals surface area contributed by atoms with Gasteiger partial charge in [-0.15, -0.1) is 0 Å². The number of pyridine rings is 1. The number of amides is 2. The molecule has 2 heterocycles. The van der Waals surface area contributed by atoms with Crippen molar-refractivity contribution >= 4 is 34.8 Å². The maximum absolute atomic E-state index is 12.6. The number of benzene rings is 1. The summed E-state index contributed by atoms with van der Waals surface area (Å²) >= 11 is 6.10. The quantitative estimate of drug-likeness (QED) is 0.875. The molecular formula is C16H17ClN4O. The van der Waals surface area contributed by atoms with E-state index in [-0.39, 0.29) is 6.03 Å². The van der Waals surface area contributed by atoms with Crippen LogP contribution in [-0.2, 0) is 0 Å². The van der Waals surface area contributed by atoms with Gasteiger partial charge in [0.05, 0.1) is 5.69 Å². The summed E-state index contributed by atoms with van der Waals surface area (Å²) in [5.41, 5.74) is 2.40. The van der Waals surface area contributed by atoms with Gasteiger partial charge >= 0.3 is 6.03 Å². The van der Waals surface area contributed by atoms with Crippen LogP contribution in [0.2, 0.25) is 5.02 Å². The third kappa shape index (κ3) is 2.60. The van der Waals surface area contributed by atoms with Gasteiger partial charge in [-0.25, -0.2) is 9.78 Å². The predicted octanol–water partition coefficient (Wildman–Crippen LogP) is 3.53. The molecule has 1 N–H and O–H groups in total. The summed E-state index contributed by atoms with van der Waals surface area (Å²) in [4.78, 5) is 20.7. The summed E-state index contributed by atoms with van der Waals surface area (Å²) in [6.07, 6.45) is 1.73. The van der Waals surface area contributed by atoms with Gasteiger partial charge in [-0.2, -0.15) is 0 Å². The molecule has 0 bridgehead atoms. The molecule has 6 heteroatoms. The van der Waals surface area contributed by atoms with Crippen LogP contribution >= 0.6 is 11.6 Å². The number of urea groups is 1. The number of likely N-dealkylation sites (N-methyl/N-ethyl adjacent to an activating group) is 1. The highest BCUT2D eigenvalue weighted by atomic mass is 35.5. The van der Waals surface area contributed by atoms with Crippen molar-refractivity contribution < 1.29 is 4.79 Å². The normalized spacial score (nSPS) is 13.8. The highest BCUT2D eigenvalue weighted by Gasteiger charge is 2.26. The zero-order chi connectivity index (χ0) is 15.7. The van der Waals surface area contributed by atoms with E-state index in [4.69, 9.17) is 11.6 Å². The van der Waals surface area contributed by atoms with Crippen LogP contribution in [-0.4, -0.2) is 31.2 Å². The van der Waals surface area contributed by atoms with Gasteiger partial charge in [-0.05, 0) is 36.8 Å². The highest BCUT2D eigenvalue weighted by Crippen LogP contribution is 2.30. The van der Waals surface area contributed by atoms with E-state index in [0.29, 0.717) is 11.6 Å². The average molecular weight is 317 g/mol. The number of aromatic nitrogens is 1. The first-order valence-corrected chi connectivity index (χ1v) is 7.45. The molecule has 114 valence electrons. The number of hydrogen-bond donors (Lipinski definition) is 1. The molecule has 3 rings (SSSR count). The van der Waals surface area contributed by atoms with Gasteiger partial charge in [0, 0.05) is 37.0 Å². The number of anilines is 3. The molecule has 1 aliphatic heterocycles. The first-order chi connectivity index (χ1) is 10.6. The minimum atomic E-state index is -0.173. The molecule has 1 aromatic carbocycles. The Hall–Kier alpha value is -2.27. The Balaban J connectivity index is 1.87. The molecule has 0 saturated heterocycles. The van der Waals surface area contributed by atoms with Crippen molar-refractivity contribution in [2.24, 2.45) is 0 Å². The molecule has 0 unspecified atom stereocenters. The number of rotatable bonds is 1. The summed E-state index contributed by atoms with van der Waals surface area (Å²) in [5.74, 6) is 0.812. The fraction of sp³-hybridized carbons (Fsp3) is 0.250. The van der Waals surface area contributed by atoms with Gasteiger partial charge < -0.3 is 10.2 Å². The third-order valence-corrected chi connectivity index (χ3v) is 4.24. The third-order valence-electron chi connectivity index (χ3n) is 3.83. The molecule has 0 radical (unpaired) electrons. The summed E-state index contributed by atoms with van der Waals surface area (Å²) in [6, 6.07) is 9.05. The second-order valence-corrected chi connectivity index (χ2v) is 5.67. The molecule has 5 nitrogen and oxygen atoms in total. The van der Waals surface area contributed by atoms with E-state index in [1.54, 1.807) is 11.1 Å². The van der Waals surface area contributed by atoms with Gasteiger partial charge in [0.1, 0.15) is 0 Å². The Labute approximate surface area is 134 Å². The van der Waals surface area contributed by atoms with E-state index < -0.39 is 0 Å². The molecule has 22 heavy (non-hydrogen) atoms. The van der Waals surface area contributed by atoms with Crippen molar-refractivity contribution in [3.05, 3.63) is 47.1 Å². The zero-order valence-corrected chi connectivity index (χ0v) is 13.3. The number of nitrogens with one attached hydrogen (secondary N) is 1. The van der Waals surface area contributed by atoms with Crippen LogP contribution in [0.3, 0.4) is 0 Å². The van der Waals surface area contributed by atoms with Crippen LogP contribution in [0.4, 0.5) is 22.0 Å². The molecular weight excluding hydrogens is 300 g/mol. The van der Waals surface area contributed by atoms with E-state index >= 15 is 0 Å². The number of halogens is 1. The van der Waals surface area contributed by atoms with Crippen LogP contribution < -0.4 is 15.1 Å². The molecule has 0 atom stereocenters. The Morgan fingerprint density at radius 2 is 2.09 bits per heavy atom. The van der Waals surface area contributed by atoms with Crippen molar-refractivity contribution in [3.63, 3.8) is 0 Å². The monoisotopic (exact) mass is 316 g/mol. The lowest BCUT2D eigenvalue weighted by Crippen LogP contribution is -2.45. The second kappa shape index (κ2) is 5.85. The van der Waals surface area contributed by atoms with Crippen LogP contribution in [0.15, 0.2) is 36.5 Å². The average Bonchev–Trinajstić information content (AvgIpc) is 2.52.